The lowest BCUT2D eigenvalue weighted by atomic mass is 10.2. The first kappa shape index (κ1) is 17.3. The Bertz CT molecular complexity index is 461. The third-order valence-corrected chi connectivity index (χ3v) is 3.01. The Morgan fingerprint density at radius 3 is 2.67 bits per heavy atom. The highest BCUT2D eigenvalue weighted by atomic mass is 16.1. The van der Waals surface area contributed by atoms with E-state index in [-0.39, 0.29) is 11.8 Å². The number of nitrogens with one attached hydrogen (secondary N) is 2. The van der Waals surface area contributed by atoms with Gasteiger partial charge in [0.1, 0.15) is 5.82 Å². The number of hydrazine groups is 1. The van der Waals surface area contributed by atoms with Gasteiger partial charge in [0, 0.05) is 12.5 Å². The number of rotatable bonds is 8. The van der Waals surface area contributed by atoms with Crippen molar-refractivity contribution in [2.24, 2.45) is 5.84 Å². The summed E-state index contributed by atoms with van der Waals surface area (Å²) >= 11 is 0. The van der Waals surface area contributed by atoms with Crippen molar-refractivity contribution >= 4 is 11.6 Å². The third kappa shape index (κ3) is 5.65. The summed E-state index contributed by atoms with van der Waals surface area (Å²) in [7, 11) is 4.07. The number of nitrogen functional groups attached to an aromatic ring is 1. The third-order valence-electron chi connectivity index (χ3n) is 3.01. The van der Waals surface area contributed by atoms with Crippen LogP contribution in [0.1, 0.15) is 48.9 Å². The molecule has 21 heavy (non-hydrogen) atoms. The van der Waals surface area contributed by atoms with Gasteiger partial charge in [-0.15, -0.1) is 0 Å². The molecule has 0 unspecified atom stereocenters. The molecule has 7 heteroatoms. The Balaban J connectivity index is 2.61. The minimum Gasteiger partial charge on any atom is -0.351 e. The second kappa shape index (κ2) is 8.53. The van der Waals surface area contributed by atoms with Crippen LogP contribution >= 0.6 is 0 Å². The lowest BCUT2D eigenvalue weighted by Gasteiger charge is -2.12. The van der Waals surface area contributed by atoms with Crippen LogP contribution in [0.2, 0.25) is 0 Å². The van der Waals surface area contributed by atoms with Gasteiger partial charge in [-0.1, -0.05) is 13.8 Å². The first-order valence-corrected chi connectivity index (χ1v) is 7.22. The Hall–Kier alpha value is -1.73. The number of carbonyl (C=O) groups excluding carboxylic acids is 1. The molecule has 118 valence electrons. The SMILES string of the molecule is CC(C)c1ncc(NN)c(C(=O)NCCCCN(C)C)n1. The quantitative estimate of drug-likeness (QED) is 0.375. The van der Waals surface area contributed by atoms with Crippen LogP contribution in [-0.4, -0.2) is 48.0 Å². The van der Waals surface area contributed by atoms with Gasteiger partial charge in [0.15, 0.2) is 5.69 Å². The number of aromatic nitrogens is 2. The first-order chi connectivity index (χ1) is 9.95. The summed E-state index contributed by atoms with van der Waals surface area (Å²) in [4.78, 5) is 22.8. The summed E-state index contributed by atoms with van der Waals surface area (Å²) < 4.78 is 0. The fourth-order valence-corrected chi connectivity index (χ4v) is 1.79. The van der Waals surface area contributed by atoms with E-state index in [1.165, 1.54) is 0 Å². The molecule has 1 aromatic rings. The average molecular weight is 294 g/mol. The minimum atomic E-state index is -0.225. The van der Waals surface area contributed by atoms with Crippen molar-refractivity contribution in [3.63, 3.8) is 0 Å². The molecule has 0 aromatic carbocycles. The lowest BCUT2D eigenvalue weighted by molar-refractivity contribution is 0.0948. The van der Waals surface area contributed by atoms with Crippen LogP contribution < -0.4 is 16.6 Å². The van der Waals surface area contributed by atoms with Gasteiger partial charge in [-0.05, 0) is 33.5 Å². The fraction of sp³-hybridized carbons (Fsp3) is 0.643. The molecule has 0 aliphatic heterocycles. The predicted molar refractivity (Wildman–Crippen MR) is 84.1 cm³/mol. The van der Waals surface area contributed by atoms with Gasteiger partial charge in [0.25, 0.3) is 5.91 Å². The molecule has 0 saturated heterocycles. The Morgan fingerprint density at radius 2 is 2.10 bits per heavy atom. The molecule has 0 bridgehead atoms. The van der Waals surface area contributed by atoms with E-state index in [0.29, 0.717) is 23.8 Å². The van der Waals surface area contributed by atoms with E-state index < -0.39 is 0 Å². The summed E-state index contributed by atoms with van der Waals surface area (Å²) in [6.45, 7) is 5.59. The zero-order chi connectivity index (χ0) is 15.8. The Morgan fingerprint density at radius 1 is 1.38 bits per heavy atom. The summed E-state index contributed by atoms with van der Waals surface area (Å²) in [5.74, 6) is 5.97. The number of hydrogen-bond donors (Lipinski definition) is 3. The number of carbonyl (C=O) groups is 1. The molecule has 0 aliphatic rings. The van der Waals surface area contributed by atoms with Gasteiger partial charge in [-0.2, -0.15) is 0 Å². The van der Waals surface area contributed by atoms with Crippen molar-refractivity contribution in [2.45, 2.75) is 32.6 Å². The molecular formula is C14H26N6O. The minimum absolute atomic E-state index is 0.156. The maximum absolute atomic E-state index is 12.2. The van der Waals surface area contributed by atoms with E-state index in [2.05, 4.69) is 25.6 Å². The molecule has 1 rings (SSSR count). The largest absolute Gasteiger partial charge is 0.351 e. The first-order valence-electron chi connectivity index (χ1n) is 7.22. The molecular weight excluding hydrogens is 268 g/mol. The van der Waals surface area contributed by atoms with Gasteiger partial charge >= 0.3 is 0 Å². The second-order valence-corrected chi connectivity index (χ2v) is 5.56. The van der Waals surface area contributed by atoms with Gasteiger partial charge < -0.3 is 15.6 Å². The highest BCUT2D eigenvalue weighted by molar-refractivity contribution is 5.97. The molecule has 0 fully saturated rings. The highest BCUT2D eigenvalue weighted by Crippen LogP contribution is 2.15. The van der Waals surface area contributed by atoms with E-state index in [1.807, 2.05) is 27.9 Å². The topological polar surface area (TPSA) is 96.2 Å². The van der Waals surface area contributed by atoms with Crippen LogP contribution in [0.3, 0.4) is 0 Å². The maximum Gasteiger partial charge on any atom is 0.272 e. The predicted octanol–water partition coefficient (Wildman–Crippen LogP) is 0.957. The van der Waals surface area contributed by atoms with E-state index in [4.69, 9.17) is 5.84 Å². The van der Waals surface area contributed by atoms with Crippen molar-refractivity contribution in [3.8, 4) is 0 Å². The van der Waals surface area contributed by atoms with Crippen molar-refractivity contribution in [1.82, 2.24) is 20.2 Å². The summed E-state index contributed by atoms with van der Waals surface area (Å²) in [5, 5.41) is 2.87. The van der Waals surface area contributed by atoms with Crippen LogP contribution in [0.15, 0.2) is 6.20 Å². The Kier molecular flexibility index (Phi) is 7.04. The van der Waals surface area contributed by atoms with Crippen LogP contribution in [0.4, 0.5) is 5.69 Å². The summed E-state index contributed by atoms with van der Waals surface area (Å²) in [6, 6.07) is 0. The van der Waals surface area contributed by atoms with Gasteiger partial charge in [0.2, 0.25) is 0 Å². The molecule has 0 aliphatic carbocycles. The molecule has 1 aromatic heterocycles. The summed E-state index contributed by atoms with van der Waals surface area (Å²) in [5.41, 5.74) is 3.20. The number of amides is 1. The van der Waals surface area contributed by atoms with Crippen molar-refractivity contribution in [3.05, 3.63) is 17.7 Å². The number of nitrogens with zero attached hydrogens (tertiary/aromatic N) is 3. The standard InChI is InChI=1S/C14H26N6O/c1-10(2)13-17-9-11(19-15)12(18-13)14(21)16-7-5-6-8-20(3)4/h9-10,19H,5-8,15H2,1-4H3,(H,16,21). The van der Waals surface area contributed by atoms with Crippen molar-refractivity contribution in [2.75, 3.05) is 32.6 Å². The van der Waals surface area contributed by atoms with Crippen LogP contribution in [0, 0.1) is 0 Å². The van der Waals surface area contributed by atoms with Crippen LogP contribution in [-0.2, 0) is 0 Å². The zero-order valence-electron chi connectivity index (χ0n) is 13.3. The van der Waals surface area contributed by atoms with Crippen molar-refractivity contribution < 1.29 is 4.79 Å². The van der Waals surface area contributed by atoms with E-state index >= 15 is 0 Å². The fourth-order valence-electron chi connectivity index (χ4n) is 1.79. The molecule has 0 spiro atoms. The van der Waals surface area contributed by atoms with Gasteiger partial charge in [-0.3, -0.25) is 10.6 Å². The molecule has 7 nitrogen and oxygen atoms in total. The van der Waals surface area contributed by atoms with Gasteiger partial charge in [0.05, 0.1) is 11.9 Å². The molecule has 1 heterocycles. The molecule has 0 saturated carbocycles. The zero-order valence-corrected chi connectivity index (χ0v) is 13.3. The number of nitrogens with two attached hydrogens (primary N) is 1. The molecule has 4 N–H and O–H groups in total. The molecule has 0 radical (unpaired) electrons. The smallest absolute Gasteiger partial charge is 0.272 e. The number of hydrogen-bond acceptors (Lipinski definition) is 6. The van der Waals surface area contributed by atoms with E-state index in [0.717, 1.165) is 19.4 Å². The van der Waals surface area contributed by atoms with E-state index in [9.17, 15) is 4.79 Å². The van der Waals surface area contributed by atoms with Crippen LogP contribution in [0.5, 0.6) is 0 Å². The molecule has 1 amide bonds. The number of unbranched alkanes of at least 4 members (excludes halogenated alkanes) is 1. The second-order valence-electron chi connectivity index (χ2n) is 5.56. The van der Waals surface area contributed by atoms with Crippen molar-refractivity contribution in [1.29, 1.82) is 0 Å². The monoisotopic (exact) mass is 294 g/mol. The van der Waals surface area contributed by atoms with Gasteiger partial charge in [-0.25, -0.2) is 9.97 Å². The normalized spacial score (nSPS) is 11.0. The highest BCUT2D eigenvalue weighted by Gasteiger charge is 2.15. The molecule has 0 atom stereocenters. The summed E-state index contributed by atoms with van der Waals surface area (Å²) in [6.07, 6.45) is 3.51. The van der Waals surface area contributed by atoms with Crippen LogP contribution in [0.25, 0.3) is 0 Å². The lowest BCUT2D eigenvalue weighted by Crippen LogP contribution is -2.28. The van der Waals surface area contributed by atoms with E-state index in [1.54, 1.807) is 6.20 Å². The maximum atomic E-state index is 12.2. The Labute approximate surface area is 126 Å². The average Bonchev–Trinajstić information content (AvgIpc) is 2.45. The number of anilines is 1.